The highest BCUT2D eigenvalue weighted by Gasteiger charge is 2.30. The molecule has 5 nitrogen and oxygen atoms in total. The number of nitrogens with zero attached hydrogens (tertiary/aromatic N) is 3. The maximum Gasteiger partial charge on any atom is 0.325 e. The van der Waals surface area contributed by atoms with Crippen molar-refractivity contribution in [3.8, 4) is 0 Å². The number of aliphatic carboxylic acids is 1. The normalized spacial score (nSPS) is 18.0. The Hall–Kier alpha value is -1.76. The zero-order valence-corrected chi connectivity index (χ0v) is 14.0. The summed E-state index contributed by atoms with van der Waals surface area (Å²) >= 11 is 1.69. The Bertz CT molecular complexity index is 651. The lowest BCUT2D eigenvalue weighted by Crippen LogP contribution is -2.48. The van der Waals surface area contributed by atoms with E-state index in [0.717, 1.165) is 49.0 Å². The second kappa shape index (κ2) is 7.21. The van der Waals surface area contributed by atoms with Crippen LogP contribution in [0.1, 0.15) is 22.3 Å². The lowest BCUT2D eigenvalue weighted by Gasteiger charge is -2.37. The smallest absolute Gasteiger partial charge is 0.325 e. The zero-order valence-electron chi connectivity index (χ0n) is 13.2. The SMILES string of the molecule is Cc1csc(CN2CCN(C(C(=O)O)c3ccccc3)CC2)n1. The molecule has 1 aromatic heterocycles. The lowest BCUT2D eigenvalue weighted by molar-refractivity contribution is -0.144. The minimum Gasteiger partial charge on any atom is -0.480 e. The van der Waals surface area contributed by atoms with Crippen LogP contribution in [0, 0.1) is 6.92 Å². The van der Waals surface area contributed by atoms with Gasteiger partial charge in [-0.1, -0.05) is 30.3 Å². The molecule has 0 saturated carbocycles. The molecule has 0 radical (unpaired) electrons. The maximum atomic E-state index is 11.7. The minimum atomic E-state index is -0.778. The fourth-order valence-electron chi connectivity index (χ4n) is 2.99. The Balaban J connectivity index is 1.61. The van der Waals surface area contributed by atoms with Crippen molar-refractivity contribution in [1.29, 1.82) is 0 Å². The highest BCUT2D eigenvalue weighted by molar-refractivity contribution is 7.09. The van der Waals surface area contributed by atoms with E-state index in [0.29, 0.717) is 0 Å². The van der Waals surface area contributed by atoms with E-state index in [4.69, 9.17) is 0 Å². The molecule has 1 aliphatic rings. The van der Waals surface area contributed by atoms with Crippen LogP contribution in [0.15, 0.2) is 35.7 Å². The topological polar surface area (TPSA) is 56.7 Å². The van der Waals surface area contributed by atoms with Crippen LogP contribution in [0.2, 0.25) is 0 Å². The van der Waals surface area contributed by atoms with Gasteiger partial charge in [-0.15, -0.1) is 11.3 Å². The molecular weight excluding hydrogens is 310 g/mol. The number of carboxylic acids is 1. The molecule has 1 aliphatic heterocycles. The quantitative estimate of drug-likeness (QED) is 0.912. The summed E-state index contributed by atoms with van der Waals surface area (Å²) in [6.07, 6.45) is 0. The van der Waals surface area contributed by atoms with Gasteiger partial charge in [-0.2, -0.15) is 0 Å². The number of aromatic nitrogens is 1. The van der Waals surface area contributed by atoms with Crippen LogP contribution in [-0.2, 0) is 11.3 Å². The molecule has 0 spiro atoms. The fraction of sp³-hybridized carbons (Fsp3) is 0.412. The second-order valence-corrected chi connectivity index (χ2v) is 6.79. The van der Waals surface area contributed by atoms with Crippen LogP contribution in [0.4, 0.5) is 0 Å². The molecule has 1 aromatic carbocycles. The summed E-state index contributed by atoms with van der Waals surface area (Å²) in [5.41, 5.74) is 1.92. The standard InChI is InChI=1S/C17H21N3O2S/c1-13-12-23-15(18-13)11-19-7-9-20(10-8-19)16(17(21)22)14-5-3-2-4-6-14/h2-6,12,16H,7-11H2,1H3,(H,21,22). The summed E-state index contributed by atoms with van der Waals surface area (Å²) in [4.78, 5) is 20.6. The predicted molar refractivity (Wildman–Crippen MR) is 90.5 cm³/mol. The van der Waals surface area contributed by atoms with Crippen molar-refractivity contribution >= 4 is 17.3 Å². The Kier molecular flexibility index (Phi) is 5.05. The summed E-state index contributed by atoms with van der Waals surface area (Å²) in [6, 6.07) is 8.93. The summed E-state index contributed by atoms with van der Waals surface area (Å²) < 4.78 is 0. The van der Waals surface area contributed by atoms with E-state index in [1.165, 1.54) is 0 Å². The first-order chi connectivity index (χ1) is 11.1. The minimum absolute atomic E-state index is 0.555. The lowest BCUT2D eigenvalue weighted by atomic mass is 10.0. The molecule has 0 aliphatic carbocycles. The molecule has 1 unspecified atom stereocenters. The van der Waals surface area contributed by atoms with Crippen LogP contribution >= 0.6 is 11.3 Å². The molecule has 1 atom stereocenters. The number of piperazine rings is 1. The van der Waals surface area contributed by atoms with Gasteiger partial charge in [0.15, 0.2) is 0 Å². The first-order valence-electron chi connectivity index (χ1n) is 7.78. The first-order valence-corrected chi connectivity index (χ1v) is 8.66. The number of hydrogen-bond donors (Lipinski definition) is 1. The summed E-state index contributed by atoms with van der Waals surface area (Å²) in [7, 11) is 0. The van der Waals surface area contributed by atoms with Gasteiger partial charge in [0.25, 0.3) is 0 Å². The number of rotatable bonds is 5. The van der Waals surface area contributed by atoms with E-state index in [1.54, 1.807) is 11.3 Å². The van der Waals surface area contributed by atoms with E-state index in [2.05, 4.69) is 20.2 Å². The van der Waals surface area contributed by atoms with Gasteiger partial charge in [-0.25, -0.2) is 4.98 Å². The molecule has 23 heavy (non-hydrogen) atoms. The number of aryl methyl sites for hydroxylation is 1. The zero-order chi connectivity index (χ0) is 16.2. The predicted octanol–water partition coefficient (Wildman–Crippen LogP) is 2.40. The summed E-state index contributed by atoms with van der Waals surface area (Å²) in [5.74, 6) is -0.778. The number of benzene rings is 1. The maximum absolute atomic E-state index is 11.7. The average Bonchev–Trinajstić information content (AvgIpc) is 2.95. The number of thiazole rings is 1. The van der Waals surface area contributed by atoms with Crippen molar-refractivity contribution in [3.63, 3.8) is 0 Å². The van der Waals surface area contributed by atoms with E-state index in [9.17, 15) is 9.90 Å². The van der Waals surface area contributed by atoms with Gasteiger partial charge in [0.1, 0.15) is 11.0 Å². The molecule has 2 heterocycles. The van der Waals surface area contributed by atoms with Crippen LogP contribution in [0.3, 0.4) is 0 Å². The molecule has 0 amide bonds. The molecule has 1 fully saturated rings. The van der Waals surface area contributed by atoms with Gasteiger partial charge < -0.3 is 5.11 Å². The molecule has 1 N–H and O–H groups in total. The van der Waals surface area contributed by atoms with Gasteiger partial charge >= 0.3 is 5.97 Å². The summed E-state index contributed by atoms with van der Waals surface area (Å²) in [6.45, 7) is 6.13. The van der Waals surface area contributed by atoms with Gasteiger partial charge in [0.2, 0.25) is 0 Å². The van der Waals surface area contributed by atoms with E-state index >= 15 is 0 Å². The van der Waals surface area contributed by atoms with Crippen molar-refractivity contribution < 1.29 is 9.90 Å². The average molecular weight is 331 g/mol. The van der Waals surface area contributed by atoms with E-state index < -0.39 is 12.0 Å². The van der Waals surface area contributed by atoms with Gasteiger partial charge in [-0.3, -0.25) is 14.6 Å². The Morgan fingerprint density at radius 3 is 2.52 bits per heavy atom. The van der Waals surface area contributed by atoms with Crippen LogP contribution in [-0.4, -0.2) is 52.0 Å². The highest BCUT2D eigenvalue weighted by atomic mass is 32.1. The third kappa shape index (κ3) is 3.96. The van der Waals surface area contributed by atoms with Gasteiger partial charge in [0.05, 0.1) is 6.54 Å². The fourth-order valence-corrected chi connectivity index (χ4v) is 3.80. The number of carbonyl (C=O) groups is 1. The van der Waals surface area contributed by atoms with Crippen LogP contribution in [0.25, 0.3) is 0 Å². The molecule has 2 aromatic rings. The van der Waals surface area contributed by atoms with Crippen molar-refractivity contribution in [3.05, 3.63) is 52.0 Å². The van der Waals surface area contributed by atoms with Crippen molar-refractivity contribution in [2.45, 2.75) is 19.5 Å². The Labute approximate surface area is 140 Å². The molecule has 1 saturated heterocycles. The second-order valence-electron chi connectivity index (χ2n) is 5.85. The third-order valence-corrected chi connectivity index (χ3v) is 5.10. The molecule has 3 rings (SSSR count). The van der Waals surface area contributed by atoms with Crippen molar-refractivity contribution in [2.24, 2.45) is 0 Å². The highest BCUT2D eigenvalue weighted by Crippen LogP contribution is 2.23. The van der Waals surface area contributed by atoms with E-state index in [-0.39, 0.29) is 0 Å². The van der Waals surface area contributed by atoms with Crippen LogP contribution < -0.4 is 0 Å². The van der Waals surface area contributed by atoms with Gasteiger partial charge in [-0.05, 0) is 12.5 Å². The molecular formula is C17H21N3O2S. The third-order valence-electron chi connectivity index (χ3n) is 4.15. The van der Waals surface area contributed by atoms with Gasteiger partial charge in [0, 0.05) is 37.3 Å². The molecule has 6 heteroatoms. The Morgan fingerprint density at radius 1 is 1.26 bits per heavy atom. The molecule has 0 bridgehead atoms. The molecule has 122 valence electrons. The number of carboxylic acid groups (broad SMARTS) is 1. The largest absolute Gasteiger partial charge is 0.480 e. The number of hydrogen-bond acceptors (Lipinski definition) is 5. The van der Waals surface area contributed by atoms with Crippen LogP contribution in [0.5, 0.6) is 0 Å². The first kappa shape index (κ1) is 16.1. The monoisotopic (exact) mass is 331 g/mol. The Morgan fingerprint density at radius 2 is 1.96 bits per heavy atom. The summed E-state index contributed by atoms with van der Waals surface area (Å²) in [5, 5.41) is 12.8. The van der Waals surface area contributed by atoms with E-state index in [1.807, 2.05) is 37.3 Å². The van der Waals surface area contributed by atoms with Crippen molar-refractivity contribution in [2.75, 3.05) is 26.2 Å². The van der Waals surface area contributed by atoms with Crippen molar-refractivity contribution in [1.82, 2.24) is 14.8 Å².